The highest BCUT2D eigenvalue weighted by Gasteiger charge is 2.15. The number of hydrogen-bond acceptors (Lipinski definition) is 4. The summed E-state index contributed by atoms with van der Waals surface area (Å²) in [6.45, 7) is 7.20. The van der Waals surface area contributed by atoms with Crippen LogP contribution < -0.4 is 10.3 Å². The van der Waals surface area contributed by atoms with E-state index in [0.717, 1.165) is 38.3 Å². The van der Waals surface area contributed by atoms with Crippen molar-refractivity contribution in [1.82, 2.24) is 14.6 Å². The molecule has 2 N–H and O–H groups in total. The molecule has 6 nitrogen and oxygen atoms in total. The number of hydrogen-bond donors (Lipinski definition) is 2. The summed E-state index contributed by atoms with van der Waals surface area (Å²) in [6.07, 6.45) is 1.86. The quantitative estimate of drug-likeness (QED) is 0.701. The molecular formula is C12H20ClN3O3S. The second-order valence-corrected chi connectivity index (χ2v) is 6.46. The molecule has 1 aromatic heterocycles. The van der Waals surface area contributed by atoms with E-state index < -0.39 is 15.6 Å². The van der Waals surface area contributed by atoms with Crippen LogP contribution >= 0.6 is 11.6 Å². The summed E-state index contributed by atoms with van der Waals surface area (Å²) in [6, 6.07) is 1.15. The summed E-state index contributed by atoms with van der Waals surface area (Å²) < 4.78 is 26.4. The summed E-state index contributed by atoms with van der Waals surface area (Å²) >= 11 is 5.62. The van der Waals surface area contributed by atoms with E-state index in [1.807, 2.05) is 0 Å². The molecule has 0 aromatic carbocycles. The van der Waals surface area contributed by atoms with Crippen molar-refractivity contribution in [2.75, 3.05) is 26.2 Å². The number of aromatic amines is 1. The maximum absolute atomic E-state index is 12.0. The SMILES string of the molecule is CCN(CC)CCCNS(=O)(=O)c1c[nH]c(=O)c(Cl)c1. The van der Waals surface area contributed by atoms with Crippen molar-refractivity contribution >= 4 is 21.6 Å². The third-order valence-electron chi connectivity index (χ3n) is 2.98. The Morgan fingerprint density at radius 3 is 2.55 bits per heavy atom. The highest BCUT2D eigenvalue weighted by atomic mass is 35.5. The van der Waals surface area contributed by atoms with Gasteiger partial charge in [0.2, 0.25) is 10.0 Å². The number of aromatic nitrogens is 1. The van der Waals surface area contributed by atoms with E-state index in [1.165, 1.54) is 0 Å². The van der Waals surface area contributed by atoms with Crippen LogP contribution in [-0.2, 0) is 10.0 Å². The Kier molecular flexibility index (Phi) is 6.67. The van der Waals surface area contributed by atoms with E-state index in [2.05, 4.69) is 28.5 Å². The van der Waals surface area contributed by atoms with Crippen LogP contribution in [0.25, 0.3) is 0 Å². The van der Waals surface area contributed by atoms with Crippen molar-refractivity contribution in [2.45, 2.75) is 25.2 Å². The third kappa shape index (κ3) is 4.90. The van der Waals surface area contributed by atoms with E-state index >= 15 is 0 Å². The minimum absolute atomic E-state index is 0.0371. The molecule has 0 saturated carbocycles. The zero-order valence-electron chi connectivity index (χ0n) is 11.6. The van der Waals surface area contributed by atoms with Gasteiger partial charge in [-0.1, -0.05) is 25.4 Å². The Morgan fingerprint density at radius 1 is 1.35 bits per heavy atom. The number of pyridine rings is 1. The Labute approximate surface area is 124 Å². The fraction of sp³-hybridized carbons (Fsp3) is 0.583. The second kappa shape index (κ2) is 7.78. The lowest BCUT2D eigenvalue weighted by Crippen LogP contribution is -2.30. The molecule has 8 heteroatoms. The molecule has 114 valence electrons. The molecule has 20 heavy (non-hydrogen) atoms. The molecule has 0 fully saturated rings. The molecule has 0 aliphatic heterocycles. The number of nitrogens with zero attached hydrogens (tertiary/aromatic N) is 1. The predicted octanol–water partition coefficient (Wildman–Crippen LogP) is 1.04. The smallest absolute Gasteiger partial charge is 0.266 e. The highest BCUT2D eigenvalue weighted by Crippen LogP contribution is 2.10. The normalized spacial score (nSPS) is 12.0. The van der Waals surface area contributed by atoms with Gasteiger partial charge in [0.1, 0.15) is 5.02 Å². The standard InChI is InChI=1S/C12H20ClN3O3S/c1-3-16(4-2)7-5-6-15-20(18,19)10-8-11(13)12(17)14-9-10/h8-9,15H,3-7H2,1-2H3,(H,14,17). The van der Waals surface area contributed by atoms with Gasteiger partial charge in [0.15, 0.2) is 0 Å². The minimum Gasteiger partial charge on any atom is -0.326 e. The lowest BCUT2D eigenvalue weighted by Gasteiger charge is -2.17. The predicted molar refractivity (Wildman–Crippen MR) is 79.7 cm³/mol. The lowest BCUT2D eigenvalue weighted by molar-refractivity contribution is 0.300. The Hall–Kier alpha value is -0.890. The first-order valence-corrected chi connectivity index (χ1v) is 8.37. The summed E-state index contributed by atoms with van der Waals surface area (Å²) in [5.74, 6) is 0. The zero-order chi connectivity index (χ0) is 15.2. The van der Waals surface area contributed by atoms with Gasteiger partial charge in [-0.15, -0.1) is 0 Å². The second-order valence-electron chi connectivity index (χ2n) is 4.29. The number of nitrogens with one attached hydrogen (secondary N) is 2. The van der Waals surface area contributed by atoms with Crippen LogP contribution in [0.15, 0.2) is 22.0 Å². The van der Waals surface area contributed by atoms with E-state index in [-0.39, 0.29) is 9.92 Å². The Balaban J connectivity index is 2.57. The molecule has 0 atom stereocenters. The van der Waals surface area contributed by atoms with E-state index in [0.29, 0.717) is 6.54 Å². The maximum Gasteiger partial charge on any atom is 0.266 e. The summed E-state index contributed by atoms with van der Waals surface area (Å²) in [7, 11) is -3.63. The molecule has 0 bridgehead atoms. The molecular weight excluding hydrogens is 302 g/mol. The van der Waals surface area contributed by atoms with E-state index in [1.54, 1.807) is 0 Å². The molecule has 1 rings (SSSR count). The topological polar surface area (TPSA) is 82.3 Å². The van der Waals surface area contributed by atoms with E-state index in [9.17, 15) is 13.2 Å². The molecule has 0 radical (unpaired) electrons. The van der Waals surface area contributed by atoms with E-state index in [4.69, 9.17) is 11.6 Å². The van der Waals surface area contributed by atoms with Crippen LogP contribution in [0.1, 0.15) is 20.3 Å². The van der Waals surface area contributed by atoms with Crippen molar-refractivity contribution in [3.63, 3.8) is 0 Å². The monoisotopic (exact) mass is 321 g/mol. The zero-order valence-corrected chi connectivity index (χ0v) is 13.2. The molecule has 0 saturated heterocycles. The molecule has 1 heterocycles. The molecule has 0 unspecified atom stereocenters. The summed E-state index contributed by atoms with van der Waals surface area (Å²) in [5, 5.41) is -0.143. The van der Waals surface area contributed by atoms with Gasteiger partial charge >= 0.3 is 0 Å². The van der Waals surface area contributed by atoms with Crippen LogP contribution in [0.2, 0.25) is 5.02 Å². The molecule has 0 spiro atoms. The van der Waals surface area contributed by atoms with Gasteiger partial charge in [0.25, 0.3) is 5.56 Å². The van der Waals surface area contributed by atoms with Crippen molar-refractivity contribution in [1.29, 1.82) is 0 Å². The van der Waals surface area contributed by atoms with Gasteiger partial charge in [0.05, 0.1) is 4.90 Å². The minimum atomic E-state index is -3.63. The van der Waals surface area contributed by atoms with Gasteiger partial charge in [-0.05, 0) is 32.1 Å². The fourth-order valence-electron chi connectivity index (χ4n) is 1.73. The Bertz CT molecular complexity index is 582. The largest absolute Gasteiger partial charge is 0.326 e. The number of H-pyrrole nitrogens is 1. The third-order valence-corrected chi connectivity index (χ3v) is 4.70. The van der Waals surface area contributed by atoms with Gasteiger partial charge < -0.3 is 9.88 Å². The van der Waals surface area contributed by atoms with Crippen molar-refractivity contribution in [3.05, 3.63) is 27.6 Å². The average molecular weight is 322 g/mol. The molecule has 0 amide bonds. The van der Waals surface area contributed by atoms with Gasteiger partial charge in [-0.2, -0.15) is 0 Å². The average Bonchev–Trinajstić information content (AvgIpc) is 2.42. The first-order valence-electron chi connectivity index (χ1n) is 6.51. The highest BCUT2D eigenvalue weighted by molar-refractivity contribution is 7.89. The first kappa shape index (κ1) is 17.2. The van der Waals surface area contributed by atoms with Crippen LogP contribution in [0.3, 0.4) is 0 Å². The van der Waals surface area contributed by atoms with Crippen LogP contribution in [0.4, 0.5) is 0 Å². The maximum atomic E-state index is 12.0. The lowest BCUT2D eigenvalue weighted by atomic mass is 10.4. The van der Waals surface area contributed by atoms with Crippen molar-refractivity contribution < 1.29 is 8.42 Å². The fourth-order valence-corrected chi connectivity index (χ4v) is 3.03. The Morgan fingerprint density at radius 2 is 2.00 bits per heavy atom. The van der Waals surface area contributed by atoms with Crippen LogP contribution in [0, 0.1) is 0 Å². The van der Waals surface area contributed by atoms with Crippen molar-refractivity contribution in [2.24, 2.45) is 0 Å². The van der Waals surface area contributed by atoms with Crippen LogP contribution in [-0.4, -0.2) is 44.5 Å². The van der Waals surface area contributed by atoms with Gasteiger partial charge in [-0.3, -0.25) is 4.79 Å². The number of rotatable bonds is 8. The van der Waals surface area contributed by atoms with Gasteiger partial charge in [0, 0.05) is 12.7 Å². The van der Waals surface area contributed by atoms with Crippen molar-refractivity contribution in [3.8, 4) is 0 Å². The summed E-state index contributed by atoms with van der Waals surface area (Å²) in [4.78, 5) is 15.6. The molecule has 0 aliphatic rings. The molecule has 1 aromatic rings. The van der Waals surface area contributed by atoms with Gasteiger partial charge in [-0.25, -0.2) is 13.1 Å². The summed E-state index contributed by atoms with van der Waals surface area (Å²) in [5.41, 5.74) is -0.507. The number of sulfonamides is 1. The van der Waals surface area contributed by atoms with Crippen LogP contribution in [0.5, 0.6) is 0 Å². The molecule has 0 aliphatic carbocycles. The first-order chi connectivity index (χ1) is 9.40. The number of halogens is 1.